The third kappa shape index (κ3) is 3.48. The summed E-state index contributed by atoms with van der Waals surface area (Å²) in [6.45, 7) is 1.49. The second-order valence-corrected chi connectivity index (χ2v) is 5.24. The van der Waals surface area contributed by atoms with Crippen LogP contribution in [0, 0.1) is 0 Å². The molecule has 2 rings (SSSR count). The molecular weight excluding hydrogens is 314 g/mol. The molecule has 0 fully saturated rings. The fourth-order valence-corrected chi connectivity index (χ4v) is 2.27. The van der Waals surface area contributed by atoms with Crippen LogP contribution in [0.2, 0.25) is 5.02 Å². The lowest BCUT2D eigenvalue weighted by Gasteiger charge is -2.07. The summed E-state index contributed by atoms with van der Waals surface area (Å²) in [6.07, 6.45) is 0. The summed E-state index contributed by atoms with van der Waals surface area (Å²) in [5.74, 6) is 0.117. The summed E-state index contributed by atoms with van der Waals surface area (Å²) in [4.78, 5) is 0. The van der Waals surface area contributed by atoms with Crippen molar-refractivity contribution in [1.29, 1.82) is 0 Å². The van der Waals surface area contributed by atoms with Crippen molar-refractivity contribution in [2.45, 2.75) is 13.1 Å². The van der Waals surface area contributed by atoms with Gasteiger partial charge in [-0.2, -0.15) is 0 Å². The summed E-state index contributed by atoms with van der Waals surface area (Å²) in [5.41, 5.74) is 2.26. The van der Waals surface area contributed by atoms with Gasteiger partial charge in [-0.25, -0.2) is 0 Å². The van der Waals surface area contributed by atoms with Crippen LogP contribution in [-0.2, 0) is 13.1 Å². The molecule has 0 aliphatic heterocycles. The highest BCUT2D eigenvalue weighted by Gasteiger charge is 2.01. The molecule has 0 unspecified atom stereocenters. The third-order valence-electron chi connectivity index (χ3n) is 2.61. The van der Waals surface area contributed by atoms with Crippen molar-refractivity contribution in [3.05, 3.63) is 63.1 Å². The maximum atomic E-state index is 9.32. The highest BCUT2D eigenvalue weighted by molar-refractivity contribution is 9.10. The number of phenolic OH excluding ortho intramolecular Hbond substituents is 1. The molecule has 0 heterocycles. The van der Waals surface area contributed by atoms with Crippen molar-refractivity contribution < 1.29 is 5.11 Å². The molecule has 0 saturated carbocycles. The second-order valence-electron chi connectivity index (χ2n) is 3.98. The van der Waals surface area contributed by atoms with Crippen molar-refractivity contribution >= 4 is 27.5 Å². The molecule has 0 spiro atoms. The molecule has 0 amide bonds. The second kappa shape index (κ2) is 6.23. The van der Waals surface area contributed by atoms with E-state index in [2.05, 4.69) is 27.3 Å². The Bertz CT molecular complexity index is 545. The average Bonchev–Trinajstić information content (AvgIpc) is 2.36. The van der Waals surface area contributed by atoms with Gasteiger partial charge in [0.25, 0.3) is 0 Å². The zero-order valence-electron chi connectivity index (χ0n) is 9.66. The Morgan fingerprint density at radius 3 is 2.61 bits per heavy atom. The zero-order valence-corrected chi connectivity index (χ0v) is 12.0. The van der Waals surface area contributed by atoms with E-state index in [1.807, 2.05) is 24.3 Å². The molecule has 0 bridgehead atoms. The molecule has 94 valence electrons. The Morgan fingerprint density at radius 1 is 1.11 bits per heavy atom. The number of hydrogen-bond donors (Lipinski definition) is 2. The monoisotopic (exact) mass is 325 g/mol. The molecule has 0 radical (unpaired) electrons. The predicted molar refractivity (Wildman–Crippen MR) is 77.8 cm³/mol. The van der Waals surface area contributed by atoms with Crippen LogP contribution in [0.4, 0.5) is 0 Å². The van der Waals surface area contributed by atoms with Crippen LogP contribution in [0.5, 0.6) is 5.75 Å². The van der Waals surface area contributed by atoms with Crippen LogP contribution in [0.3, 0.4) is 0 Å². The Hall–Kier alpha value is -1.03. The number of halogens is 2. The van der Waals surface area contributed by atoms with E-state index in [-0.39, 0.29) is 5.75 Å². The summed E-state index contributed by atoms with van der Waals surface area (Å²) in [5, 5.41) is 13.0. The van der Waals surface area contributed by atoms with E-state index >= 15 is 0 Å². The standard InChI is InChI=1S/C14H13BrClNO/c15-12-4-2-1-3-11(12)9-17-8-10-5-6-14(18)13(16)7-10/h1-7,17-18H,8-9H2. The SMILES string of the molecule is Oc1ccc(CNCc2ccccc2Br)cc1Cl. The van der Waals surface area contributed by atoms with Gasteiger partial charge in [-0.15, -0.1) is 0 Å². The van der Waals surface area contributed by atoms with Gasteiger partial charge in [0, 0.05) is 17.6 Å². The predicted octanol–water partition coefficient (Wildman–Crippen LogP) is 4.10. The van der Waals surface area contributed by atoms with Crippen LogP contribution in [0.25, 0.3) is 0 Å². The minimum Gasteiger partial charge on any atom is -0.506 e. The minimum atomic E-state index is 0.117. The fourth-order valence-electron chi connectivity index (χ4n) is 1.64. The number of hydrogen-bond acceptors (Lipinski definition) is 2. The summed E-state index contributed by atoms with van der Waals surface area (Å²) < 4.78 is 1.10. The Morgan fingerprint density at radius 2 is 1.89 bits per heavy atom. The van der Waals surface area contributed by atoms with Gasteiger partial charge < -0.3 is 10.4 Å². The zero-order chi connectivity index (χ0) is 13.0. The summed E-state index contributed by atoms with van der Waals surface area (Å²) >= 11 is 9.36. The lowest BCUT2D eigenvalue weighted by molar-refractivity contribution is 0.475. The minimum absolute atomic E-state index is 0.117. The van der Waals surface area contributed by atoms with Crippen LogP contribution in [-0.4, -0.2) is 5.11 Å². The van der Waals surface area contributed by atoms with E-state index in [9.17, 15) is 5.11 Å². The normalized spacial score (nSPS) is 10.6. The van der Waals surface area contributed by atoms with E-state index in [1.165, 1.54) is 5.56 Å². The number of rotatable bonds is 4. The molecule has 2 N–H and O–H groups in total. The maximum Gasteiger partial charge on any atom is 0.134 e. The third-order valence-corrected chi connectivity index (χ3v) is 3.69. The molecule has 0 aromatic heterocycles. The lowest BCUT2D eigenvalue weighted by Crippen LogP contribution is -2.12. The molecule has 2 nitrogen and oxygen atoms in total. The summed E-state index contributed by atoms with van der Waals surface area (Å²) in [7, 11) is 0. The topological polar surface area (TPSA) is 32.3 Å². The van der Waals surface area contributed by atoms with E-state index in [4.69, 9.17) is 11.6 Å². The molecule has 18 heavy (non-hydrogen) atoms. The van der Waals surface area contributed by atoms with Crippen molar-refractivity contribution in [3.63, 3.8) is 0 Å². The van der Waals surface area contributed by atoms with Crippen molar-refractivity contribution in [2.75, 3.05) is 0 Å². The fraction of sp³-hybridized carbons (Fsp3) is 0.143. The first-order chi connectivity index (χ1) is 8.66. The summed E-state index contributed by atoms with van der Waals surface area (Å²) in [6, 6.07) is 13.3. The molecule has 2 aromatic rings. The number of phenols is 1. The highest BCUT2D eigenvalue weighted by atomic mass is 79.9. The van der Waals surface area contributed by atoms with Gasteiger partial charge in [-0.05, 0) is 29.3 Å². The van der Waals surface area contributed by atoms with Crippen LogP contribution < -0.4 is 5.32 Å². The number of aromatic hydroxyl groups is 1. The van der Waals surface area contributed by atoms with Crippen molar-refractivity contribution in [1.82, 2.24) is 5.32 Å². The van der Waals surface area contributed by atoms with Crippen molar-refractivity contribution in [2.24, 2.45) is 0 Å². The van der Waals surface area contributed by atoms with Gasteiger partial charge in [0.2, 0.25) is 0 Å². The van der Waals surface area contributed by atoms with Gasteiger partial charge >= 0.3 is 0 Å². The highest BCUT2D eigenvalue weighted by Crippen LogP contribution is 2.23. The molecule has 2 aromatic carbocycles. The van der Waals surface area contributed by atoms with Gasteiger partial charge in [-0.3, -0.25) is 0 Å². The Kier molecular flexibility index (Phi) is 4.64. The average molecular weight is 327 g/mol. The first-order valence-corrected chi connectivity index (χ1v) is 6.75. The van der Waals surface area contributed by atoms with Gasteiger partial charge in [0.15, 0.2) is 0 Å². The molecule has 4 heteroatoms. The lowest BCUT2D eigenvalue weighted by atomic mass is 10.2. The molecule has 0 atom stereocenters. The molecule has 0 saturated heterocycles. The van der Waals surface area contributed by atoms with E-state index in [0.717, 1.165) is 16.6 Å². The van der Waals surface area contributed by atoms with Gasteiger partial charge in [0.1, 0.15) is 5.75 Å². The van der Waals surface area contributed by atoms with E-state index < -0.39 is 0 Å². The van der Waals surface area contributed by atoms with E-state index in [1.54, 1.807) is 12.1 Å². The van der Waals surface area contributed by atoms with Crippen LogP contribution >= 0.6 is 27.5 Å². The van der Waals surface area contributed by atoms with Crippen molar-refractivity contribution in [3.8, 4) is 5.75 Å². The smallest absolute Gasteiger partial charge is 0.134 e. The quantitative estimate of drug-likeness (QED) is 0.886. The van der Waals surface area contributed by atoms with Gasteiger partial charge in [-0.1, -0.05) is 51.8 Å². The molecule has 0 aliphatic carbocycles. The maximum absolute atomic E-state index is 9.32. The first-order valence-electron chi connectivity index (χ1n) is 5.58. The largest absolute Gasteiger partial charge is 0.506 e. The molecular formula is C14H13BrClNO. The first kappa shape index (κ1) is 13.4. The number of nitrogens with one attached hydrogen (secondary N) is 1. The van der Waals surface area contributed by atoms with Gasteiger partial charge in [0.05, 0.1) is 5.02 Å². The molecule has 0 aliphatic rings. The Labute approximate surface area is 120 Å². The Balaban J connectivity index is 1.92. The number of benzene rings is 2. The van der Waals surface area contributed by atoms with E-state index in [0.29, 0.717) is 11.6 Å². The van der Waals surface area contributed by atoms with Crippen LogP contribution in [0.1, 0.15) is 11.1 Å². The van der Waals surface area contributed by atoms with Crippen LogP contribution in [0.15, 0.2) is 46.9 Å².